The molecule has 1 heterocycles. The third kappa shape index (κ3) is 4.59. The smallest absolute Gasteiger partial charge is 0.141 e. The van der Waals surface area contributed by atoms with Crippen LogP contribution in [0.3, 0.4) is 0 Å². The predicted molar refractivity (Wildman–Crippen MR) is 65.6 cm³/mol. The molecule has 0 spiro atoms. The molecule has 0 fully saturated rings. The predicted octanol–water partition coefficient (Wildman–Crippen LogP) is 1.18. The molecule has 4 nitrogen and oxygen atoms in total. The van der Waals surface area contributed by atoms with E-state index < -0.39 is 0 Å². The molecule has 0 aliphatic heterocycles. The Labute approximate surface area is 97.4 Å². The van der Waals surface area contributed by atoms with Crippen LogP contribution in [-0.2, 0) is 6.54 Å². The highest BCUT2D eigenvalue weighted by molar-refractivity contribution is 5.29. The van der Waals surface area contributed by atoms with Crippen LogP contribution in [0, 0.1) is 0 Å². The van der Waals surface area contributed by atoms with Gasteiger partial charge in [-0.05, 0) is 6.07 Å². The first-order valence-corrected chi connectivity index (χ1v) is 5.65. The minimum atomic E-state index is 0.539. The number of aromatic nitrogens is 1. The molecule has 0 radical (unpaired) electrons. The van der Waals surface area contributed by atoms with E-state index in [4.69, 9.17) is 4.74 Å². The first-order valence-electron chi connectivity index (χ1n) is 5.65. The molecule has 16 heavy (non-hydrogen) atoms. The Morgan fingerprint density at radius 3 is 2.88 bits per heavy atom. The number of ether oxygens (including phenoxy) is 1. The van der Waals surface area contributed by atoms with Crippen molar-refractivity contribution in [2.24, 2.45) is 0 Å². The molecule has 1 aromatic rings. The standard InChI is InChI=1S/C12H21N3O/c1-10(2)15-7-6-14-8-11-4-5-13-9-12(11)16-3/h4-5,9-10,14-15H,6-8H2,1-3H3. The van der Waals surface area contributed by atoms with Gasteiger partial charge in [-0.3, -0.25) is 4.98 Å². The van der Waals surface area contributed by atoms with E-state index in [9.17, 15) is 0 Å². The van der Waals surface area contributed by atoms with Crippen LogP contribution in [0.4, 0.5) is 0 Å². The minimum Gasteiger partial charge on any atom is -0.495 e. The van der Waals surface area contributed by atoms with E-state index in [2.05, 4.69) is 29.5 Å². The molecule has 0 amide bonds. The van der Waals surface area contributed by atoms with Crippen molar-refractivity contribution in [3.63, 3.8) is 0 Å². The lowest BCUT2D eigenvalue weighted by molar-refractivity contribution is 0.405. The van der Waals surface area contributed by atoms with Crippen molar-refractivity contribution in [2.45, 2.75) is 26.4 Å². The summed E-state index contributed by atoms with van der Waals surface area (Å²) in [6.07, 6.45) is 3.52. The topological polar surface area (TPSA) is 46.2 Å². The highest BCUT2D eigenvalue weighted by Crippen LogP contribution is 2.14. The van der Waals surface area contributed by atoms with Crippen LogP contribution in [0.1, 0.15) is 19.4 Å². The summed E-state index contributed by atoms with van der Waals surface area (Å²) in [4.78, 5) is 4.02. The Morgan fingerprint density at radius 1 is 1.38 bits per heavy atom. The van der Waals surface area contributed by atoms with Gasteiger partial charge in [0.2, 0.25) is 0 Å². The minimum absolute atomic E-state index is 0.539. The van der Waals surface area contributed by atoms with Crippen molar-refractivity contribution < 1.29 is 4.74 Å². The van der Waals surface area contributed by atoms with Gasteiger partial charge in [-0.1, -0.05) is 13.8 Å². The quantitative estimate of drug-likeness (QED) is 0.681. The summed E-state index contributed by atoms with van der Waals surface area (Å²) in [5.74, 6) is 0.840. The van der Waals surface area contributed by atoms with Gasteiger partial charge in [0.1, 0.15) is 5.75 Å². The van der Waals surface area contributed by atoms with Crippen LogP contribution in [0.25, 0.3) is 0 Å². The van der Waals surface area contributed by atoms with Crippen LogP contribution in [0.5, 0.6) is 5.75 Å². The lowest BCUT2D eigenvalue weighted by atomic mass is 10.2. The zero-order chi connectivity index (χ0) is 11.8. The van der Waals surface area contributed by atoms with Crippen LogP contribution in [0.15, 0.2) is 18.5 Å². The number of hydrogen-bond acceptors (Lipinski definition) is 4. The monoisotopic (exact) mass is 223 g/mol. The van der Waals surface area contributed by atoms with Gasteiger partial charge in [0.25, 0.3) is 0 Å². The third-order valence-electron chi connectivity index (χ3n) is 2.26. The third-order valence-corrected chi connectivity index (χ3v) is 2.26. The van der Waals surface area contributed by atoms with Gasteiger partial charge in [0.15, 0.2) is 0 Å². The highest BCUT2D eigenvalue weighted by Gasteiger charge is 2.00. The number of nitrogens with zero attached hydrogens (tertiary/aromatic N) is 1. The summed E-state index contributed by atoms with van der Waals surface area (Å²) in [7, 11) is 1.67. The van der Waals surface area contributed by atoms with Crippen molar-refractivity contribution in [1.29, 1.82) is 0 Å². The van der Waals surface area contributed by atoms with Gasteiger partial charge in [0, 0.05) is 37.4 Å². The molecule has 0 aliphatic rings. The second kappa shape index (κ2) is 7.19. The number of rotatable bonds is 7. The van der Waals surface area contributed by atoms with E-state index in [1.807, 2.05) is 6.07 Å². The van der Waals surface area contributed by atoms with Gasteiger partial charge >= 0.3 is 0 Å². The number of methoxy groups -OCH3 is 1. The van der Waals surface area contributed by atoms with Crippen molar-refractivity contribution in [3.05, 3.63) is 24.0 Å². The summed E-state index contributed by atoms with van der Waals surface area (Å²) in [5, 5.41) is 6.72. The maximum Gasteiger partial charge on any atom is 0.141 e. The Kier molecular flexibility index (Phi) is 5.82. The van der Waals surface area contributed by atoms with Crippen LogP contribution >= 0.6 is 0 Å². The first-order chi connectivity index (χ1) is 7.74. The zero-order valence-corrected chi connectivity index (χ0v) is 10.3. The van der Waals surface area contributed by atoms with Gasteiger partial charge < -0.3 is 15.4 Å². The Bertz CT molecular complexity index is 302. The molecular formula is C12H21N3O. The SMILES string of the molecule is COc1cnccc1CNCCNC(C)C. The maximum atomic E-state index is 5.22. The van der Waals surface area contributed by atoms with E-state index in [0.717, 1.165) is 30.9 Å². The number of pyridine rings is 1. The molecule has 1 aromatic heterocycles. The van der Waals surface area contributed by atoms with Gasteiger partial charge in [-0.2, -0.15) is 0 Å². The largest absolute Gasteiger partial charge is 0.495 e. The lowest BCUT2D eigenvalue weighted by Crippen LogP contribution is -2.31. The summed E-state index contributed by atoms with van der Waals surface area (Å²) in [5.41, 5.74) is 1.14. The molecule has 2 N–H and O–H groups in total. The van der Waals surface area contributed by atoms with Gasteiger partial charge in [0.05, 0.1) is 13.3 Å². The second-order valence-corrected chi connectivity index (χ2v) is 3.97. The van der Waals surface area contributed by atoms with E-state index in [-0.39, 0.29) is 0 Å². The number of hydrogen-bond donors (Lipinski definition) is 2. The Hall–Kier alpha value is -1.13. The molecule has 0 saturated heterocycles. The molecule has 1 rings (SSSR count). The average Bonchev–Trinajstić information content (AvgIpc) is 2.29. The van der Waals surface area contributed by atoms with E-state index in [0.29, 0.717) is 6.04 Å². The lowest BCUT2D eigenvalue weighted by Gasteiger charge is -2.10. The summed E-state index contributed by atoms with van der Waals surface area (Å²) in [6.45, 7) is 7.03. The van der Waals surface area contributed by atoms with Crippen molar-refractivity contribution >= 4 is 0 Å². The number of nitrogens with one attached hydrogen (secondary N) is 2. The average molecular weight is 223 g/mol. The molecule has 0 aliphatic carbocycles. The van der Waals surface area contributed by atoms with E-state index in [1.165, 1.54) is 0 Å². The normalized spacial score (nSPS) is 10.8. The van der Waals surface area contributed by atoms with Crippen LogP contribution < -0.4 is 15.4 Å². The molecule has 0 bridgehead atoms. The molecular weight excluding hydrogens is 202 g/mol. The fourth-order valence-electron chi connectivity index (χ4n) is 1.41. The molecule has 0 atom stereocenters. The maximum absolute atomic E-state index is 5.22. The highest BCUT2D eigenvalue weighted by atomic mass is 16.5. The molecule has 0 saturated carbocycles. The van der Waals surface area contributed by atoms with Crippen LogP contribution in [0.2, 0.25) is 0 Å². The summed E-state index contributed by atoms with van der Waals surface area (Å²) < 4.78 is 5.22. The summed E-state index contributed by atoms with van der Waals surface area (Å²) >= 11 is 0. The second-order valence-electron chi connectivity index (χ2n) is 3.97. The summed E-state index contributed by atoms with van der Waals surface area (Å²) in [6, 6.07) is 2.51. The van der Waals surface area contributed by atoms with Crippen molar-refractivity contribution in [2.75, 3.05) is 20.2 Å². The Morgan fingerprint density at radius 2 is 2.19 bits per heavy atom. The first kappa shape index (κ1) is 12.9. The van der Waals surface area contributed by atoms with E-state index in [1.54, 1.807) is 19.5 Å². The fourth-order valence-corrected chi connectivity index (χ4v) is 1.41. The Balaban J connectivity index is 2.26. The van der Waals surface area contributed by atoms with Gasteiger partial charge in [-0.15, -0.1) is 0 Å². The van der Waals surface area contributed by atoms with Gasteiger partial charge in [-0.25, -0.2) is 0 Å². The molecule has 0 aromatic carbocycles. The van der Waals surface area contributed by atoms with Crippen LogP contribution in [-0.4, -0.2) is 31.2 Å². The molecule has 90 valence electrons. The van der Waals surface area contributed by atoms with Crippen molar-refractivity contribution in [1.82, 2.24) is 15.6 Å². The zero-order valence-electron chi connectivity index (χ0n) is 10.3. The van der Waals surface area contributed by atoms with Crippen molar-refractivity contribution in [3.8, 4) is 5.75 Å². The van der Waals surface area contributed by atoms with E-state index >= 15 is 0 Å². The fraction of sp³-hybridized carbons (Fsp3) is 0.583. The molecule has 4 heteroatoms. The molecule has 0 unspecified atom stereocenters.